The average Bonchev–Trinajstić information content (AvgIpc) is 2.20. The van der Waals surface area contributed by atoms with Crippen LogP contribution in [-0.4, -0.2) is 23.9 Å². The first-order valence-electron chi connectivity index (χ1n) is 4.03. The summed E-state index contributed by atoms with van der Waals surface area (Å²) in [4.78, 5) is 0. The van der Waals surface area contributed by atoms with Crippen LogP contribution in [0.5, 0.6) is 11.5 Å². The molecular formula is C9H12BrNO3. The molecule has 4 nitrogen and oxygen atoms in total. The van der Waals surface area contributed by atoms with Crippen molar-refractivity contribution in [2.24, 2.45) is 5.73 Å². The third-order valence-corrected chi connectivity index (χ3v) is 2.68. The van der Waals surface area contributed by atoms with E-state index in [4.69, 9.17) is 15.6 Å². The van der Waals surface area contributed by atoms with Crippen molar-refractivity contribution in [3.05, 3.63) is 22.2 Å². The molecule has 78 valence electrons. The van der Waals surface area contributed by atoms with Gasteiger partial charge in [-0.1, -0.05) is 0 Å². The maximum atomic E-state index is 9.49. The van der Waals surface area contributed by atoms with Crippen molar-refractivity contribution in [3.8, 4) is 11.5 Å². The van der Waals surface area contributed by atoms with Crippen molar-refractivity contribution >= 4 is 15.9 Å². The molecule has 0 aliphatic rings. The Balaban J connectivity index is 3.16. The molecule has 1 aromatic carbocycles. The number of benzene rings is 1. The molecule has 1 aromatic rings. The Hall–Kier alpha value is -0.780. The second-order valence-corrected chi connectivity index (χ2v) is 3.64. The number of halogens is 1. The lowest BCUT2D eigenvalue weighted by Crippen LogP contribution is -2.14. The average molecular weight is 262 g/mol. The van der Waals surface area contributed by atoms with E-state index in [0.29, 0.717) is 15.8 Å². The van der Waals surface area contributed by atoms with Crippen LogP contribution in [0.3, 0.4) is 0 Å². The molecule has 0 aliphatic carbocycles. The number of aliphatic hydroxyl groups excluding tert-OH is 1. The number of phenolic OH excluding ortho intramolecular Hbond substituents is 1. The van der Waals surface area contributed by atoms with Crippen molar-refractivity contribution in [2.75, 3.05) is 13.7 Å². The molecule has 5 heteroatoms. The number of ether oxygens (including phenoxy) is 1. The molecule has 0 bridgehead atoms. The molecule has 0 saturated heterocycles. The van der Waals surface area contributed by atoms with Gasteiger partial charge in [-0.15, -0.1) is 0 Å². The van der Waals surface area contributed by atoms with E-state index < -0.39 is 6.04 Å². The van der Waals surface area contributed by atoms with Gasteiger partial charge in [0.1, 0.15) is 16.0 Å². The van der Waals surface area contributed by atoms with Crippen molar-refractivity contribution in [2.45, 2.75) is 6.04 Å². The number of aromatic hydroxyl groups is 1. The molecule has 0 radical (unpaired) electrons. The van der Waals surface area contributed by atoms with Gasteiger partial charge in [0.2, 0.25) is 0 Å². The van der Waals surface area contributed by atoms with Crippen LogP contribution in [0.1, 0.15) is 11.6 Å². The van der Waals surface area contributed by atoms with Crippen LogP contribution in [0.25, 0.3) is 0 Å². The highest BCUT2D eigenvalue weighted by Gasteiger charge is 2.12. The molecular weight excluding hydrogens is 250 g/mol. The molecule has 0 heterocycles. The van der Waals surface area contributed by atoms with Gasteiger partial charge in [0.25, 0.3) is 0 Å². The van der Waals surface area contributed by atoms with E-state index in [1.54, 1.807) is 6.07 Å². The van der Waals surface area contributed by atoms with Crippen molar-refractivity contribution in [3.63, 3.8) is 0 Å². The SMILES string of the molecule is COc1cc(C(N)CO)cc(O)c1Br. The number of hydrogen-bond acceptors (Lipinski definition) is 4. The Kier molecular flexibility index (Phi) is 3.74. The predicted molar refractivity (Wildman–Crippen MR) is 56.4 cm³/mol. The summed E-state index contributed by atoms with van der Waals surface area (Å²) in [6.45, 7) is -0.176. The van der Waals surface area contributed by atoms with Gasteiger partial charge in [-0.25, -0.2) is 0 Å². The minimum Gasteiger partial charge on any atom is -0.507 e. The predicted octanol–water partition coefficient (Wildman–Crippen LogP) is 1.16. The third kappa shape index (κ3) is 2.17. The summed E-state index contributed by atoms with van der Waals surface area (Å²) in [5.41, 5.74) is 6.23. The number of phenols is 1. The summed E-state index contributed by atoms with van der Waals surface area (Å²) in [5.74, 6) is 0.534. The quantitative estimate of drug-likeness (QED) is 0.763. The van der Waals surface area contributed by atoms with Gasteiger partial charge in [-0.3, -0.25) is 0 Å². The van der Waals surface area contributed by atoms with Gasteiger partial charge in [0.05, 0.1) is 19.8 Å². The number of hydrogen-bond donors (Lipinski definition) is 3. The first-order chi connectivity index (χ1) is 6.60. The largest absolute Gasteiger partial charge is 0.507 e. The van der Waals surface area contributed by atoms with Gasteiger partial charge in [-0.05, 0) is 33.6 Å². The van der Waals surface area contributed by atoms with Crippen LogP contribution in [0, 0.1) is 0 Å². The zero-order valence-corrected chi connectivity index (χ0v) is 9.28. The maximum absolute atomic E-state index is 9.49. The molecule has 1 rings (SSSR count). The van der Waals surface area contributed by atoms with E-state index in [1.165, 1.54) is 13.2 Å². The highest BCUT2D eigenvalue weighted by molar-refractivity contribution is 9.10. The Morgan fingerprint density at radius 2 is 2.21 bits per heavy atom. The molecule has 0 aliphatic heterocycles. The van der Waals surface area contributed by atoms with Crippen molar-refractivity contribution in [1.29, 1.82) is 0 Å². The van der Waals surface area contributed by atoms with Crippen LogP contribution < -0.4 is 10.5 Å². The number of nitrogens with two attached hydrogens (primary N) is 1. The van der Waals surface area contributed by atoms with Crippen LogP contribution in [0.4, 0.5) is 0 Å². The van der Waals surface area contributed by atoms with Gasteiger partial charge in [0.15, 0.2) is 0 Å². The fourth-order valence-electron chi connectivity index (χ4n) is 1.07. The van der Waals surface area contributed by atoms with Crippen LogP contribution in [0.2, 0.25) is 0 Å². The summed E-state index contributed by atoms with van der Waals surface area (Å²) in [6, 6.07) is 2.65. The molecule has 0 fully saturated rings. The fourth-order valence-corrected chi connectivity index (χ4v) is 1.46. The van der Waals surface area contributed by atoms with Crippen LogP contribution in [-0.2, 0) is 0 Å². The Labute approximate surface area is 90.4 Å². The first-order valence-corrected chi connectivity index (χ1v) is 4.82. The fraction of sp³-hybridized carbons (Fsp3) is 0.333. The summed E-state index contributed by atoms with van der Waals surface area (Å²) in [7, 11) is 1.49. The zero-order chi connectivity index (χ0) is 10.7. The monoisotopic (exact) mass is 261 g/mol. The standard InChI is InChI=1S/C9H12BrNO3/c1-14-8-3-5(6(11)4-12)2-7(13)9(8)10/h2-3,6,12-13H,4,11H2,1H3. The van der Waals surface area contributed by atoms with E-state index >= 15 is 0 Å². The van der Waals surface area contributed by atoms with E-state index in [2.05, 4.69) is 15.9 Å². The lowest BCUT2D eigenvalue weighted by atomic mass is 10.1. The second-order valence-electron chi connectivity index (χ2n) is 2.85. The molecule has 0 amide bonds. The molecule has 4 N–H and O–H groups in total. The zero-order valence-electron chi connectivity index (χ0n) is 7.70. The maximum Gasteiger partial charge on any atom is 0.137 e. The lowest BCUT2D eigenvalue weighted by molar-refractivity contribution is 0.267. The van der Waals surface area contributed by atoms with Gasteiger partial charge in [-0.2, -0.15) is 0 Å². The highest BCUT2D eigenvalue weighted by atomic mass is 79.9. The third-order valence-electron chi connectivity index (χ3n) is 1.89. The normalized spacial score (nSPS) is 12.6. The van der Waals surface area contributed by atoms with Crippen LogP contribution in [0.15, 0.2) is 16.6 Å². The Morgan fingerprint density at radius 1 is 1.57 bits per heavy atom. The summed E-state index contributed by atoms with van der Waals surface area (Å²) < 4.78 is 5.50. The van der Waals surface area contributed by atoms with Gasteiger partial charge >= 0.3 is 0 Å². The van der Waals surface area contributed by atoms with Crippen molar-refractivity contribution in [1.82, 2.24) is 0 Å². The second kappa shape index (κ2) is 4.63. The van der Waals surface area contributed by atoms with E-state index in [0.717, 1.165) is 0 Å². The molecule has 0 saturated carbocycles. The van der Waals surface area contributed by atoms with E-state index in [9.17, 15) is 5.11 Å². The molecule has 1 atom stereocenters. The highest BCUT2D eigenvalue weighted by Crippen LogP contribution is 2.35. The summed E-state index contributed by atoms with van der Waals surface area (Å²) in [6.07, 6.45) is 0. The lowest BCUT2D eigenvalue weighted by Gasteiger charge is -2.12. The minimum absolute atomic E-state index is 0.0447. The van der Waals surface area contributed by atoms with E-state index in [-0.39, 0.29) is 12.4 Å². The Morgan fingerprint density at radius 3 is 2.71 bits per heavy atom. The first kappa shape index (κ1) is 11.3. The van der Waals surface area contributed by atoms with Gasteiger partial charge in [0, 0.05) is 0 Å². The van der Waals surface area contributed by atoms with E-state index in [1.807, 2.05) is 0 Å². The number of rotatable bonds is 3. The topological polar surface area (TPSA) is 75.7 Å². The Bertz CT molecular complexity index is 330. The van der Waals surface area contributed by atoms with Crippen molar-refractivity contribution < 1.29 is 14.9 Å². The minimum atomic E-state index is -0.511. The molecule has 14 heavy (non-hydrogen) atoms. The summed E-state index contributed by atoms with van der Waals surface area (Å²) in [5, 5.41) is 18.3. The number of aliphatic hydroxyl groups is 1. The van der Waals surface area contributed by atoms with Gasteiger partial charge < -0.3 is 20.7 Å². The van der Waals surface area contributed by atoms with Crippen LogP contribution >= 0.6 is 15.9 Å². The summed E-state index contributed by atoms with van der Waals surface area (Å²) >= 11 is 3.17. The molecule has 0 aromatic heterocycles. The number of methoxy groups -OCH3 is 1. The molecule has 0 spiro atoms. The molecule has 1 unspecified atom stereocenters. The smallest absolute Gasteiger partial charge is 0.137 e.